The molecule has 1 heterocycles. The highest BCUT2D eigenvalue weighted by atomic mass is 35.5. The van der Waals surface area contributed by atoms with Crippen LogP contribution in [0.4, 0.5) is 23.0 Å². The van der Waals surface area contributed by atoms with Gasteiger partial charge in [0.25, 0.3) is 0 Å². The zero-order valence-corrected chi connectivity index (χ0v) is 14.4. The predicted molar refractivity (Wildman–Crippen MR) is 101 cm³/mol. The quantitative estimate of drug-likeness (QED) is 0.618. The number of halogens is 1. The first kappa shape index (κ1) is 16.9. The third-order valence-electron chi connectivity index (χ3n) is 3.60. The molecular weight excluding hydrogens is 338 g/mol. The Morgan fingerprint density at radius 2 is 1.84 bits per heavy atom. The maximum atomic E-state index is 6.20. The molecule has 7 heteroatoms. The zero-order chi connectivity index (χ0) is 17.6. The molecule has 3 rings (SSSR count). The lowest BCUT2D eigenvalue weighted by molar-refractivity contribution is 0.417. The van der Waals surface area contributed by atoms with Crippen molar-refractivity contribution < 1.29 is 4.74 Å². The van der Waals surface area contributed by atoms with Crippen LogP contribution in [0.2, 0.25) is 5.02 Å². The van der Waals surface area contributed by atoms with Crippen LogP contribution in [-0.2, 0) is 6.54 Å². The summed E-state index contributed by atoms with van der Waals surface area (Å²) >= 11 is 6.06. The number of anilines is 4. The Hall–Kier alpha value is -2.99. The second kappa shape index (κ2) is 7.72. The Labute approximate surface area is 151 Å². The van der Waals surface area contributed by atoms with Crippen molar-refractivity contribution in [3.05, 3.63) is 65.4 Å². The summed E-state index contributed by atoms with van der Waals surface area (Å²) in [5.41, 5.74) is 8.42. The fourth-order valence-corrected chi connectivity index (χ4v) is 2.50. The van der Waals surface area contributed by atoms with Gasteiger partial charge in [0.05, 0.1) is 12.8 Å². The highest BCUT2D eigenvalue weighted by molar-refractivity contribution is 6.31. The molecule has 0 aliphatic rings. The van der Waals surface area contributed by atoms with Gasteiger partial charge in [-0.3, -0.25) is 0 Å². The third kappa shape index (κ3) is 4.10. The number of rotatable bonds is 6. The molecule has 0 aliphatic carbocycles. The molecule has 0 unspecified atom stereocenters. The van der Waals surface area contributed by atoms with E-state index in [1.807, 2.05) is 30.3 Å². The van der Waals surface area contributed by atoms with Crippen molar-refractivity contribution in [2.75, 3.05) is 23.5 Å². The summed E-state index contributed by atoms with van der Waals surface area (Å²) in [4.78, 5) is 8.42. The number of methoxy groups -OCH3 is 1. The number of aromatic nitrogens is 2. The van der Waals surface area contributed by atoms with Gasteiger partial charge >= 0.3 is 0 Å². The van der Waals surface area contributed by atoms with Crippen molar-refractivity contribution in [2.45, 2.75) is 6.54 Å². The van der Waals surface area contributed by atoms with Crippen molar-refractivity contribution in [1.82, 2.24) is 9.97 Å². The van der Waals surface area contributed by atoms with Crippen molar-refractivity contribution >= 4 is 34.6 Å². The molecule has 0 fully saturated rings. The van der Waals surface area contributed by atoms with Crippen LogP contribution in [-0.4, -0.2) is 17.1 Å². The molecule has 0 atom stereocenters. The Morgan fingerprint density at radius 3 is 2.60 bits per heavy atom. The molecule has 0 spiro atoms. The van der Waals surface area contributed by atoms with Crippen LogP contribution in [0.1, 0.15) is 5.56 Å². The topological polar surface area (TPSA) is 85.1 Å². The van der Waals surface area contributed by atoms with Crippen LogP contribution in [0.25, 0.3) is 0 Å². The van der Waals surface area contributed by atoms with Gasteiger partial charge in [-0.05, 0) is 23.8 Å². The first-order chi connectivity index (χ1) is 12.2. The molecule has 6 nitrogen and oxygen atoms in total. The Kier molecular flexibility index (Phi) is 5.20. The predicted octanol–water partition coefficient (Wildman–Crippen LogP) is 4.08. The summed E-state index contributed by atoms with van der Waals surface area (Å²) < 4.78 is 5.33. The number of nitrogen functional groups attached to an aromatic ring is 1. The summed E-state index contributed by atoms with van der Waals surface area (Å²) in [6.45, 7) is 0.613. The maximum absolute atomic E-state index is 6.20. The van der Waals surface area contributed by atoms with Gasteiger partial charge in [-0.25, -0.2) is 9.97 Å². The number of hydrogen-bond donors (Lipinski definition) is 3. The number of nitrogens with two attached hydrogens (primary N) is 1. The molecule has 25 heavy (non-hydrogen) atoms. The monoisotopic (exact) mass is 355 g/mol. The second-order valence-electron chi connectivity index (χ2n) is 5.29. The van der Waals surface area contributed by atoms with Gasteiger partial charge in [-0.2, -0.15) is 0 Å². The molecule has 4 N–H and O–H groups in total. The van der Waals surface area contributed by atoms with Crippen molar-refractivity contribution in [3.63, 3.8) is 0 Å². The number of benzene rings is 2. The minimum atomic E-state index is 0.417. The number of hydrogen-bond acceptors (Lipinski definition) is 6. The van der Waals surface area contributed by atoms with E-state index in [-0.39, 0.29) is 0 Å². The Balaban J connectivity index is 1.80. The van der Waals surface area contributed by atoms with E-state index in [1.165, 1.54) is 6.33 Å². The molecule has 0 radical (unpaired) electrons. The van der Waals surface area contributed by atoms with Gasteiger partial charge in [0.2, 0.25) is 0 Å². The zero-order valence-electron chi connectivity index (χ0n) is 13.7. The van der Waals surface area contributed by atoms with Gasteiger partial charge in [-0.1, -0.05) is 41.9 Å². The average molecular weight is 356 g/mol. The van der Waals surface area contributed by atoms with Crippen molar-refractivity contribution in [2.24, 2.45) is 0 Å². The normalized spacial score (nSPS) is 10.3. The van der Waals surface area contributed by atoms with Gasteiger partial charge in [0.15, 0.2) is 11.6 Å². The highest BCUT2D eigenvalue weighted by Crippen LogP contribution is 2.33. The summed E-state index contributed by atoms with van der Waals surface area (Å²) in [5.74, 6) is 1.68. The highest BCUT2D eigenvalue weighted by Gasteiger charge is 2.11. The molecule has 0 amide bonds. The van der Waals surface area contributed by atoms with E-state index >= 15 is 0 Å². The van der Waals surface area contributed by atoms with Crippen LogP contribution in [0, 0.1) is 0 Å². The second-order valence-corrected chi connectivity index (χ2v) is 5.73. The van der Waals surface area contributed by atoms with Crippen LogP contribution < -0.4 is 21.1 Å². The lowest BCUT2D eigenvalue weighted by Crippen LogP contribution is -2.08. The standard InChI is InChI=1S/C18H18ClN5O/c1-25-15-8-7-13(19)9-14(15)24-18-16(20)17(22-11-23-18)21-10-12-5-3-2-4-6-12/h2-9,11H,10,20H2,1H3,(H2,21,22,23,24). The maximum Gasteiger partial charge on any atom is 0.159 e. The summed E-state index contributed by atoms with van der Waals surface area (Å²) in [6.07, 6.45) is 1.45. The third-order valence-corrected chi connectivity index (χ3v) is 3.84. The van der Waals surface area contributed by atoms with Crippen molar-refractivity contribution in [1.29, 1.82) is 0 Å². The minimum absolute atomic E-state index is 0.417. The van der Waals surface area contributed by atoms with Gasteiger partial charge < -0.3 is 21.1 Å². The van der Waals surface area contributed by atoms with Crippen molar-refractivity contribution in [3.8, 4) is 5.75 Å². The smallest absolute Gasteiger partial charge is 0.159 e. The first-order valence-corrected chi connectivity index (χ1v) is 8.04. The van der Waals surface area contributed by atoms with E-state index in [1.54, 1.807) is 25.3 Å². The van der Waals surface area contributed by atoms with Crippen LogP contribution in [0.15, 0.2) is 54.9 Å². The van der Waals surface area contributed by atoms with Gasteiger partial charge in [0, 0.05) is 11.6 Å². The van der Waals surface area contributed by atoms with E-state index < -0.39 is 0 Å². The minimum Gasteiger partial charge on any atom is -0.495 e. The van der Waals surface area contributed by atoms with Crippen LogP contribution >= 0.6 is 11.6 Å². The lowest BCUT2D eigenvalue weighted by Gasteiger charge is -2.14. The van der Waals surface area contributed by atoms with Gasteiger partial charge in [0.1, 0.15) is 17.8 Å². The fourth-order valence-electron chi connectivity index (χ4n) is 2.32. The molecule has 0 saturated carbocycles. The number of ether oxygens (including phenoxy) is 1. The summed E-state index contributed by atoms with van der Waals surface area (Å²) in [5, 5.41) is 6.95. The van der Waals surface area contributed by atoms with E-state index in [9.17, 15) is 0 Å². The summed E-state index contributed by atoms with van der Waals surface area (Å²) in [7, 11) is 1.59. The average Bonchev–Trinajstić information content (AvgIpc) is 2.63. The molecule has 0 aliphatic heterocycles. The number of nitrogens with one attached hydrogen (secondary N) is 2. The SMILES string of the molecule is COc1ccc(Cl)cc1Nc1ncnc(NCc2ccccc2)c1N. The van der Waals surface area contributed by atoms with E-state index in [4.69, 9.17) is 22.1 Å². The molecule has 0 bridgehead atoms. The molecular formula is C18H18ClN5O. The Bertz CT molecular complexity index is 857. The fraction of sp³-hybridized carbons (Fsp3) is 0.111. The number of nitrogens with zero attached hydrogens (tertiary/aromatic N) is 2. The molecule has 2 aromatic carbocycles. The van der Waals surface area contributed by atoms with Gasteiger partial charge in [-0.15, -0.1) is 0 Å². The van der Waals surface area contributed by atoms with Crippen LogP contribution in [0.5, 0.6) is 5.75 Å². The first-order valence-electron chi connectivity index (χ1n) is 7.66. The van der Waals surface area contributed by atoms with E-state index in [2.05, 4.69) is 20.6 Å². The van der Waals surface area contributed by atoms with E-state index in [0.717, 1.165) is 5.56 Å². The molecule has 1 aromatic heterocycles. The molecule has 128 valence electrons. The molecule has 3 aromatic rings. The summed E-state index contributed by atoms with van der Waals surface area (Å²) in [6, 6.07) is 15.3. The largest absolute Gasteiger partial charge is 0.495 e. The Morgan fingerprint density at radius 1 is 1.08 bits per heavy atom. The molecule has 0 saturated heterocycles. The van der Waals surface area contributed by atoms with Crippen LogP contribution in [0.3, 0.4) is 0 Å². The van der Waals surface area contributed by atoms with E-state index in [0.29, 0.717) is 40.3 Å². The lowest BCUT2D eigenvalue weighted by atomic mass is 10.2.